The molecule has 4 N–H and O–H groups in total. The van der Waals surface area contributed by atoms with Gasteiger partial charge in [-0.25, -0.2) is 10.8 Å². The second-order valence-corrected chi connectivity index (χ2v) is 1.62. The lowest BCUT2D eigenvalue weighted by atomic mass is 10.3. The summed E-state index contributed by atoms with van der Waals surface area (Å²) in [6, 6.07) is 1.25. The summed E-state index contributed by atoms with van der Waals surface area (Å²) in [6.45, 7) is 3.03. The van der Waals surface area contributed by atoms with Crippen molar-refractivity contribution in [1.29, 1.82) is 10.8 Å². The van der Waals surface area contributed by atoms with E-state index in [2.05, 4.69) is 6.92 Å². The van der Waals surface area contributed by atoms with Crippen molar-refractivity contribution in [3.63, 3.8) is 0 Å². The van der Waals surface area contributed by atoms with Gasteiger partial charge in [0, 0.05) is 0 Å². The molecule has 0 saturated carbocycles. The highest BCUT2D eigenvalue weighted by molar-refractivity contribution is 5.29. The molecule has 0 spiro atoms. The molecule has 0 amide bonds. The maximum Gasteiger partial charge on any atom is 0.0831 e. The predicted molar refractivity (Wildman–Crippen MR) is 39.0 cm³/mol. The van der Waals surface area contributed by atoms with Crippen LogP contribution in [0.15, 0.2) is 0 Å². The Bertz CT molecular complexity index is 60.7. The second-order valence-electron chi connectivity index (χ2n) is 1.62. The Labute approximate surface area is 56.3 Å². The van der Waals surface area contributed by atoms with Crippen LogP contribution in [0.1, 0.15) is 26.2 Å². The Balaban J connectivity index is 0. The normalized spacial score (nSPS) is 6.89. The first-order valence-electron chi connectivity index (χ1n) is 3.12. The fourth-order valence-corrected chi connectivity index (χ4v) is 0.394. The average Bonchev–Trinajstić information content (AvgIpc) is 1.86. The van der Waals surface area contributed by atoms with Gasteiger partial charge in [-0.15, -0.1) is 0 Å². The highest BCUT2D eigenvalue weighted by Crippen LogP contribution is 1.88. The molecule has 0 aliphatic carbocycles. The zero-order valence-electron chi connectivity index (χ0n) is 5.91. The Morgan fingerprint density at radius 1 is 1.33 bits per heavy atom. The predicted octanol–water partition coefficient (Wildman–Crippen LogP) is 1.45. The van der Waals surface area contributed by atoms with E-state index in [1.165, 1.54) is 25.3 Å². The molecule has 0 aromatic heterocycles. The van der Waals surface area contributed by atoms with Gasteiger partial charge < -0.3 is 5.73 Å². The molecule has 0 aliphatic rings. The third kappa shape index (κ3) is 38.2. The molecule has 9 heavy (non-hydrogen) atoms. The molecule has 0 unspecified atom stereocenters. The molecule has 0 saturated heterocycles. The van der Waals surface area contributed by atoms with Crippen molar-refractivity contribution in [2.24, 2.45) is 5.73 Å². The summed E-state index contributed by atoms with van der Waals surface area (Å²) >= 11 is 0. The van der Waals surface area contributed by atoms with Gasteiger partial charge in [-0.3, -0.25) is 0 Å². The average molecular weight is 129 g/mol. The van der Waals surface area contributed by atoms with Gasteiger partial charge in [-0.2, -0.15) is 0 Å². The molecule has 0 radical (unpaired) electrons. The molecule has 0 heterocycles. The van der Waals surface area contributed by atoms with Crippen LogP contribution in [0, 0.1) is 10.8 Å². The van der Waals surface area contributed by atoms with Crippen LogP contribution in [0.5, 0.6) is 0 Å². The van der Waals surface area contributed by atoms with Crippen LogP contribution in [-0.4, -0.2) is 12.6 Å². The Hall–Kier alpha value is -0.660. The van der Waals surface area contributed by atoms with Crippen molar-refractivity contribution in [3.05, 3.63) is 0 Å². The van der Waals surface area contributed by atoms with E-state index >= 15 is 0 Å². The van der Waals surface area contributed by atoms with Crippen LogP contribution in [0.25, 0.3) is 0 Å². The van der Waals surface area contributed by atoms with E-state index < -0.39 is 0 Å². The van der Waals surface area contributed by atoms with E-state index in [0.717, 1.165) is 6.54 Å². The van der Waals surface area contributed by atoms with Crippen LogP contribution in [0.4, 0.5) is 0 Å². The lowest BCUT2D eigenvalue weighted by Gasteiger charge is -1.86. The van der Waals surface area contributed by atoms with Crippen molar-refractivity contribution in [2.75, 3.05) is 6.54 Å². The van der Waals surface area contributed by atoms with E-state index in [1.54, 1.807) is 0 Å². The first-order chi connectivity index (χ1) is 4.33. The van der Waals surface area contributed by atoms with E-state index in [0.29, 0.717) is 0 Å². The number of rotatable bonds is 3. The molecule has 0 aliphatic heterocycles. The minimum Gasteiger partial charge on any atom is -0.330 e. The minimum atomic E-state index is 0.855. The molecule has 3 nitrogen and oxygen atoms in total. The molecular formula is C6H15N3. The van der Waals surface area contributed by atoms with Crippen LogP contribution in [0.2, 0.25) is 0 Å². The largest absolute Gasteiger partial charge is 0.330 e. The van der Waals surface area contributed by atoms with E-state index in [9.17, 15) is 0 Å². The maximum atomic E-state index is 5.62. The topological polar surface area (TPSA) is 73.7 Å². The van der Waals surface area contributed by atoms with Gasteiger partial charge in [0.15, 0.2) is 0 Å². The van der Waals surface area contributed by atoms with E-state index in [1.807, 2.05) is 0 Å². The number of nitrogens with two attached hydrogens (primary N) is 1. The maximum absolute atomic E-state index is 5.62. The molecule has 3 heteroatoms. The first kappa shape index (κ1) is 11.2. The van der Waals surface area contributed by atoms with E-state index in [4.69, 9.17) is 16.6 Å². The summed E-state index contributed by atoms with van der Waals surface area (Å²) in [7, 11) is 0. The van der Waals surface area contributed by atoms with Crippen molar-refractivity contribution >= 4 is 6.01 Å². The van der Waals surface area contributed by atoms with Crippen molar-refractivity contribution in [1.82, 2.24) is 0 Å². The molecule has 0 atom stereocenters. The van der Waals surface area contributed by atoms with Crippen LogP contribution < -0.4 is 5.73 Å². The Morgan fingerprint density at radius 3 is 1.89 bits per heavy atom. The van der Waals surface area contributed by atoms with Crippen molar-refractivity contribution in [2.45, 2.75) is 26.2 Å². The van der Waals surface area contributed by atoms with Gasteiger partial charge in [0.1, 0.15) is 0 Å². The summed E-state index contributed by atoms with van der Waals surface area (Å²) in [4.78, 5) is 0. The van der Waals surface area contributed by atoms with Gasteiger partial charge in [0.2, 0.25) is 0 Å². The van der Waals surface area contributed by atoms with Crippen molar-refractivity contribution < 1.29 is 0 Å². The zero-order chi connectivity index (χ0) is 7.54. The van der Waals surface area contributed by atoms with Crippen molar-refractivity contribution in [3.8, 4) is 0 Å². The van der Waals surface area contributed by atoms with Crippen LogP contribution in [-0.2, 0) is 0 Å². The third-order valence-electron chi connectivity index (χ3n) is 0.808. The van der Waals surface area contributed by atoms with Gasteiger partial charge in [-0.1, -0.05) is 19.8 Å². The fourth-order valence-electron chi connectivity index (χ4n) is 0.394. The SMILES string of the molecule is CCCCCN.N=C=N. The second kappa shape index (κ2) is 15.7. The summed E-state index contributed by atoms with van der Waals surface area (Å²) < 4.78 is 0. The molecule has 0 rings (SSSR count). The smallest absolute Gasteiger partial charge is 0.0831 e. The Morgan fingerprint density at radius 2 is 1.78 bits per heavy atom. The fraction of sp³-hybridized carbons (Fsp3) is 0.833. The summed E-state index contributed by atoms with van der Waals surface area (Å²) in [5.74, 6) is 0. The van der Waals surface area contributed by atoms with Crippen LogP contribution in [0.3, 0.4) is 0 Å². The standard InChI is InChI=1S/C5H13N.CH2N2/c1-2-3-4-5-6;2-1-3/h2-6H2,1H3;2-3H. The number of nitrogens with one attached hydrogen (secondary N) is 2. The molecular weight excluding hydrogens is 114 g/mol. The zero-order valence-corrected chi connectivity index (χ0v) is 5.91. The third-order valence-corrected chi connectivity index (χ3v) is 0.808. The number of hydrogen-bond acceptors (Lipinski definition) is 3. The summed E-state index contributed by atoms with van der Waals surface area (Å²) in [5, 5.41) is 11.2. The Kier molecular flexibility index (Phi) is 19.5. The molecule has 54 valence electrons. The van der Waals surface area contributed by atoms with Gasteiger partial charge in [0.25, 0.3) is 0 Å². The summed E-state index contributed by atoms with van der Waals surface area (Å²) in [5.41, 5.74) is 5.21. The number of unbranched alkanes of at least 4 members (excludes halogenated alkanes) is 2. The number of hydrogen-bond donors (Lipinski definition) is 3. The van der Waals surface area contributed by atoms with E-state index in [-0.39, 0.29) is 0 Å². The first-order valence-corrected chi connectivity index (χ1v) is 3.12. The van der Waals surface area contributed by atoms with Gasteiger partial charge in [-0.05, 0) is 13.0 Å². The van der Waals surface area contributed by atoms with Gasteiger partial charge >= 0.3 is 0 Å². The van der Waals surface area contributed by atoms with Crippen LogP contribution >= 0.6 is 0 Å². The highest BCUT2D eigenvalue weighted by atomic mass is 14.5. The van der Waals surface area contributed by atoms with Gasteiger partial charge in [0.05, 0.1) is 6.01 Å². The monoisotopic (exact) mass is 129 g/mol. The lowest BCUT2D eigenvalue weighted by molar-refractivity contribution is 0.727. The molecule has 0 aromatic rings. The molecule has 0 bridgehead atoms. The minimum absolute atomic E-state index is 0.855. The molecule has 0 aromatic carbocycles. The summed E-state index contributed by atoms with van der Waals surface area (Å²) in [6.07, 6.45) is 3.75. The lowest BCUT2D eigenvalue weighted by Crippen LogP contribution is -1.96. The molecule has 0 fully saturated rings. The quantitative estimate of drug-likeness (QED) is 0.391. The highest BCUT2D eigenvalue weighted by Gasteiger charge is 1.75.